The molecule has 1 heterocycles. The lowest BCUT2D eigenvalue weighted by atomic mass is 9.73. The van der Waals surface area contributed by atoms with Crippen LogP contribution in [0.25, 0.3) is 0 Å². The van der Waals surface area contributed by atoms with Gasteiger partial charge in [0.25, 0.3) is 5.91 Å². The molecule has 25 heavy (non-hydrogen) atoms. The molecule has 0 spiro atoms. The van der Waals surface area contributed by atoms with E-state index in [1.54, 1.807) is 11.3 Å². The number of hydrogen-bond donors (Lipinski definition) is 1. The summed E-state index contributed by atoms with van der Waals surface area (Å²) < 4.78 is 6.48. The number of halogens is 1. The molecule has 1 aliphatic rings. The summed E-state index contributed by atoms with van der Waals surface area (Å²) in [6.45, 7) is 6.88. The van der Waals surface area contributed by atoms with Crippen molar-refractivity contribution in [3.05, 3.63) is 39.3 Å². The molecule has 1 N–H and O–H groups in total. The van der Waals surface area contributed by atoms with Gasteiger partial charge in [0, 0.05) is 9.35 Å². The summed E-state index contributed by atoms with van der Waals surface area (Å²) in [5.41, 5.74) is 1.46. The fraction of sp³-hybridized carbons (Fsp3) is 0.474. The Morgan fingerprint density at radius 1 is 1.36 bits per heavy atom. The average Bonchev–Trinajstić information content (AvgIpc) is 2.94. The van der Waals surface area contributed by atoms with Crippen molar-refractivity contribution in [2.24, 2.45) is 11.3 Å². The molecular weight excluding hydrogens is 400 g/mol. The predicted octanol–water partition coefficient (Wildman–Crippen LogP) is 5.07. The fourth-order valence-electron chi connectivity index (χ4n) is 3.00. The molecule has 0 bridgehead atoms. The van der Waals surface area contributed by atoms with E-state index in [2.05, 4.69) is 47.0 Å². The number of fused-ring (bicyclic) bond motifs is 1. The number of aromatic nitrogens is 1. The molecule has 0 saturated heterocycles. The van der Waals surface area contributed by atoms with Crippen LogP contribution in [-0.4, -0.2) is 17.5 Å². The normalized spacial score (nSPS) is 17.0. The van der Waals surface area contributed by atoms with Crippen LogP contribution in [0.1, 0.15) is 37.8 Å². The first-order valence-electron chi connectivity index (χ1n) is 8.48. The van der Waals surface area contributed by atoms with Crippen molar-refractivity contribution in [2.75, 3.05) is 11.9 Å². The minimum absolute atomic E-state index is 0.0174. The lowest BCUT2D eigenvalue weighted by Gasteiger charge is -2.33. The van der Waals surface area contributed by atoms with Crippen LogP contribution in [0.15, 0.2) is 28.7 Å². The van der Waals surface area contributed by atoms with E-state index in [0.29, 0.717) is 22.2 Å². The summed E-state index contributed by atoms with van der Waals surface area (Å²) in [7, 11) is 0. The second-order valence-corrected chi connectivity index (χ2v) is 9.48. The fourth-order valence-corrected chi connectivity index (χ4v) is 4.37. The number of nitrogens with zero attached hydrogens (tertiary/aromatic N) is 1. The number of nitrogens with one attached hydrogen (secondary N) is 1. The van der Waals surface area contributed by atoms with Gasteiger partial charge in [0.1, 0.15) is 5.75 Å². The number of aryl methyl sites for hydroxylation is 1. The van der Waals surface area contributed by atoms with Crippen LogP contribution in [0.3, 0.4) is 0 Å². The van der Waals surface area contributed by atoms with Gasteiger partial charge in [-0.3, -0.25) is 10.1 Å². The monoisotopic (exact) mass is 422 g/mol. The highest BCUT2D eigenvalue weighted by Gasteiger charge is 2.30. The van der Waals surface area contributed by atoms with E-state index in [9.17, 15) is 4.79 Å². The number of benzene rings is 1. The summed E-state index contributed by atoms with van der Waals surface area (Å²) in [5.74, 6) is 1.16. The van der Waals surface area contributed by atoms with Crippen LogP contribution in [-0.2, 0) is 17.6 Å². The predicted molar refractivity (Wildman–Crippen MR) is 105 cm³/mol. The van der Waals surface area contributed by atoms with Gasteiger partial charge in [-0.15, -0.1) is 11.3 Å². The van der Waals surface area contributed by atoms with Crippen molar-refractivity contribution < 1.29 is 9.53 Å². The maximum atomic E-state index is 12.1. The molecule has 1 aromatic carbocycles. The van der Waals surface area contributed by atoms with E-state index in [-0.39, 0.29) is 12.5 Å². The molecule has 1 aromatic heterocycles. The minimum Gasteiger partial charge on any atom is -0.484 e. The standard InChI is InChI=1S/C19H23BrN2O2S/c1-19(2,3)12-4-9-15-16(10-12)25-18(21-15)22-17(23)11-24-14-7-5-13(20)6-8-14/h5-8,12H,4,9-11H2,1-3H3,(H,21,22,23). The lowest BCUT2D eigenvalue weighted by Crippen LogP contribution is -2.26. The average molecular weight is 423 g/mol. The second kappa shape index (κ2) is 7.46. The zero-order valence-corrected chi connectivity index (χ0v) is 17.2. The Morgan fingerprint density at radius 2 is 2.08 bits per heavy atom. The van der Waals surface area contributed by atoms with E-state index in [1.807, 2.05) is 24.3 Å². The maximum Gasteiger partial charge on any atom is 0.264 e. The molecule has 2 aromatic rings. The van der Waals surface area contributed by atoms with Gasteiger partial charge >= 0.3 is 0 Å². The van der Waals surface area contributed by atoms with Crippen LogP contribution >= 0.6 is 27.3 Å². The third-order valence-corrected chi connectivity index (χ3v) is 6.16. The minimum atomic E-state index is -0.179. The first-order valence-corrected chi connectivity index (χ1v) is 10.1. The Labute approximate surface area is 161 Å². The second-order valence-electron chi connectivity index (χ2n) is 7.49. The molecule has 0 radical (unpaired) electrons. The molecule has 0 saturated carbocycles. The number of amides is 1. The molecule has 4 nitrogen and oxygen atoms in total. The zero-order valence-electron chi connectivity index (χ0n) is 14.8. The van der Waals surface area contributed by atoms with Gasteiger partial charge in [0.15, 0.2) is 11.7 Å². The van der Waals surface area contributed by atoms with E-state index in [4.69, 9.17) is 4.74 Å². The van der Waals surface area contributed by atoms with E-state index < -0.39 is 0 Å². The van der Waals surface area contributed by atoms with Gasteiger partial charge in [-0.25, -0.2) is 4.98 Å². The maximum absolute atomic E-state index is 12.1. The summed E-state index contributed by atoms with van der Waals surface area (Å²) in [4.78, 5) is 18.0. The van der Waals surface area contributed by atoms with Crippen molar-refractivity contribution >= 4 is 38.3 Å². The summed E-state index contributed by atoms with van der Waals surface area (Å²) in [6, 6.07) is 7.42. The van der Waals surface area contributed by atoms with E-state index in [0.717, 1.165) is 23.0 Å². The summed E-state index contributed by atoms with van der Waals surface area (Å²) in [5, 5.41) is 3.55. The highest BCUT2D eigenvalue weighted by atomic mass is 79.9. The topological polar surface area (TPSA) is 51.2 Å². The quantitative estimate of drug-likeness (QED) is 0.747. The highest BCUT2D eigenvalue weighted by Crippen LogP contribution is 2.40. The van der Waals surface area contributed by atoms with Crippen LogP contribution in [0.4, 0.5) is 5.13 Å². The number of ether oxygens (including phenoxy) is 1. The lowest BCUT2D eigenvalue weighted by molar-refractivity contribution is -0.118. The van der Waals surface area contributed by atoms with Gasteiger partial charge < -0.3 is 4.74 Å². The molecule has 0 fully saturated rings. The Bertz CT molecular complexity index is 750. The highest BCUT2D eigenvalue weighted by molar-refractivity contribution is 9.10. The number of rotatable bonds is 4. The van der Waals surface area contributed by atoms with Gasteiger partial charge in [-0.1, -0.05) is 36.7 Å². The third-order valence-electron chi connectivity index (χ3n) is 4.59. The molecule has 1 unspecified atom stereocenters. The largest absolute Gasteiger partial charge is 0.484 e. The molecule has 134 valence electrons. The smallest absolute Gasteiger partial charge is 0.264 e. The van der Waals surface area contributed by atoms with Gasteiger partial charge in [0.05, 0.1) is 5.69 Å². The van der Waals surface area contributed by atoms with Crippen molar-refractivity contribution in [3.8, 4) is 5.75 Å². The third kappa shape index (κ3) is 4.82. The number of carbonyl (C=O) groups excluding carboxylic acids is 1. The Kier molecular flexibility index (Phi) is 5.49. The van der Waals surface area contributed by atoms with E-state index >= 15 is 0 Å². The van der Waals surface area contributed by atoms with Crippen LogP contribution in [0.2, 0.25) is 0 Å². The number of anilines is 1. The number of carbonyl (C=O) groups is 1. The SMILES string of the molecule is CC(C)(C)C1CCc2nc(NC(=O)COc3ccc(Br)cc3)sc2C1. The first kappa shape index (κ1) is 18.4. The zero-order chi connectivity index (χ0) is 18.0. The van der Waals surface area contributed by atoms with Crippen LogP contribution in [0, 0.1) is 11.3 Å². The van der Waals surface area contributed by atoms with Crippen molar-refractivity contribution in [3.63, 3.8) is 0 Å². The van der Waals surface area contributed by atoms with Crippen molar-refractivity contribution in [2.45, 2.75) is 40.0 Å². The number of thiazole rings is 1. The molecule has 6 heteroatoms. The summed E-state index contributed by atoms with van der Waals surface area (Å²) in [6.07, 6.45) is 3.22. The van der Waals surface area contributed by atoms with Crippen molar-refractivity contribution in [1.29, 1.82) is 0 Å². The molecule has 1 aliphatic carbocycles. The van der Waals surface area contributed by atoms with Crippen LogP contribution in [0.5, 0.6) is 5.75 Å². The Hall–Kier alpha value is -1.40. The Morgan fingerprint density at radius 3 is 2.76 bits per heavy atom. The summed E-state index contributed by atoms with van der Waals surface area (Å²) >= 11 is 4.97. The molecule has 3 rings (SSSR count). The molecule has 1 amide bonds. The number of hydrogen-bond acceptors (Lipinski definition) is 4. The molecular formula is C19H23BrN2O2S. The van der Waals surface area contributed by atoms with Crippen LogP contribution < -0.4 is 10.1 Å². The van der Waals surface area contributed by atoms with Crippen molar-refractivity contribution in [1.82, 2.24) is 4.98 Å². The Balaban J connectivity index is 1.56. The molecule has 1 atom stereocenters. The van der Waals surface area contributed by atoms with Gasteiger partial charge in [0.2, 0.25) is 0 Å². The first-order chi connectivity index (χ1) is 11.8. The van der Waals surface area contributed by atoms with Gasteiger partial charge in [-0.05, 0) is 54.9 Å². The van der Waals surface area contributed by atoms with Gasteiger partial charge in [-0.2, -0.15) is 0 Å². The van der Waals surface area contributed by atoms with E-state index in [1.165, 1.54) is 11.3 Å². The molecule has 0 aliphatic heterocycles.